The van der Waals surface area contributed by atoms with Crippen molar-refractivity contribution < 1.29 is 28.6 Å². The van der Waals surface area contributed by atoms with Gasteiger partial charge < -0.3 is 14.2 Å². The van der Waals surface area contributed by atoms with Gasteiger partial charge in [0, 0.05) is 19.3 Å². The maximum atomic E-state index is 12.7. The van der Waals surface area contributed by atoms with Gasteiger partial charge in [-0.2, -0.15) is 0 Å². The molecule has 53 heavy (non-hydrogen) atoms. The van der Waals surface area contributed by atoms with E-state index in [1.54, 1.807) is 0 Å². The quantitative estimate of drug-likeness (QED) is 0.0268. The monoisotopic (exact) mass is 747 g/mol. The molecule has 0 saturated heterocycles. The van der Waals surface area contributed by atoms with Crippen molar-refractivity contribution in [3.63, 3.8) is 0 Å². The highest BCUT2D eigenvalue weighted by Crippen LogP contribution is 2.14. The molecule has 0 heterocycles. The van der Waals surface area contributed by atoms with Crippen LogP contribution in [0, 0.1) is 0 Å². The number of carbonyl (C=O) groups excluding carboxylic acids is 3. The number of hydrogen-bond donors (Lipinski definition) is 0. The van der Waals surface area contributed by atoms with Crippen molar-refractivity contribution in [3.8, 4) is 0 Å². The standard InChI is InChI=1S/C47H86O6/c1-4-7-10-13-16-19-21-22-23-24-25-26-29-31-34-37-40-46(49)52-43-44(42-51-45(48)39-36-33-30-27-18-15-12-9-6-3)53-47(50)41-38-35-32-28-20-17-14-11-8-5-2/h23-26,44H,4-22,27-43H2,1-3H3/b24-23-,26-25-. The van der Waals surface area contributed by atoms with Crippen molar-refractivity contribution in [3.05, 3.63) is 24.3 Å². The molecule has 0 saturated carbocycles. The fourth-order valence-corrected chi connectivity index (χ4v) is 6.49. The molecule has 0 aliphatic rings. The molecule has 1 unspecified atom stereocenters. The number of ether oxygens (including phenoxy) is 3. The molecule has 0 spiro atoms. The number of rotatable bonds is 41. The predicted octanol–water partition coefficient (Wildman–Crippen LogP) is 14.4. The molecule has 0 radical (unpaired) electrons. The third kappa shape index (κ3) is 40.9. The third-order valence-corrected chi connectivity index (χ3v) is 9.99. The SMILES string of the molecule is CCCCCCCCC/C=C\C=C/CCCCCC(=O)OCC(COC(=O)CCCCCCCCCCC)OC(=O)CCCCCCCCCCCC. The summed E-state index contributed by atoms with van der Waals surface area (Å²) in [6, 6.07) is 0. The summed E-state index contributed by atoms with van der Waals surface area (Å²) >= 11 is 0. The van der Waals surface area contributed by atoms with E-state index in [0.29, 0.717) is 19.3 Å². The van der Waals surface area contributed by atoms with Gasteiger partial charge in [0.15, 0.2) is 6.10 Å². The average molecular weight is 747 g/mol. The van der Waals surface area contributed by atoms with Crippen molar-refractivity contribution in [1.82, 2.24) is 0 Å². The summed E-state index contributed by atoms with van der Waals surface area (Å²) in [4.78, 5) is 37.6. The zero-order valence-corrected chi connectivity index (χ0v) is 35.3. The van der Waals surface area contributed by atoms with Gasteiger partial charge in [0.1, 0.15) is 13.2 Å². The second-order valence-electron chi connectivity index (χ2n) is 15.4. The molecule has 6 heteroatoms. The normalized spacial score (nSPS) is 12.1. The number of hydrogen-bond acceptors (Lipinski definition) is 6. The minimum Gasteiger partial charge on any atom is -0.462 e. The lowest BCUT2D eigenvalue weighted by molar-refractivity contribution is -0.167. The van der Waals surface area contributed by atoms with Crippen molar-refractivity contribution >= 4 is 17.9 Å². The van der Waals surface area contributed by atoms with E-state index in [0.717, 1.165) is 70.6 Å². The Morgan fingerprint density at radius 2 is 0.660 bits per heavy atom. The molecular formula is C47H86O6. The van der Waals surface area contributed by atoms with Gasteiger partial charge in [0.05, 0.1) is 0 Å². The Morgan fingerprint density at radius 3 is 1.02 bits per heavy atom. The molecule has 0 aromatic carbocycles. The van der Waals surface area contributed by atoms with E-state index >= 15 is 0 Å². The van der Waals surface area contributed by atoms with Gasteiger partial charge in [0.2, 0.25) is 0 Å². The molecule has 0 aliphatic heterocycles. The maximum Gasteiger partial charge on any atom is 0.306 e. The highest BCUT2D eigenvalue weighted by Gasteiger charge is 2.19. The van der Waals surface area contributed by atoms with E-state index < -0.39 is 6.10 Å². The molecule has 0 aromatic heterocycles. The first kappa shape index (κ1) is 50.9. The van der Waals surface area contributed by atoms with Crippen LogP contribution in [0.15, 0.2) is 24.3 Å². The molecule has 0 aliphatic carbocycles. The highest BCUT2D eigenvalue weighted by atomic mass is 16.6. The Morgan fingerprint density at radius 1 is 0.377 bits per heavy atom. The van der Waals surface area contributed by atoms with Gasteiger partial charge >= 0.3 is 17.9 Å². The van der Waals surface area contributed by atoms with E-state index in [1.165, 1.54) is 128 Å². The van der Waals surface area contributed by atoms with Crippen molar-refractivity contribution in [1.29, 1.82) is 0 Å². The summed E-state index contributed by atoms with van der Waals surface area (Å²) in [7, 11) is 0. The lowest BCUT2D eigenvalue weighted by Crippen LogP contribution is -2.30. The average Bonchev–Trinajstić information content (AvgIpc) is 3.15. The predicted molar refractivity (Wildman–Crippen MR) is 224 cm³/mol. The van der Waals surface area contributed by atoms with Crippen molar-refractivity contribution in [2.75, 3.05) is 13.2 Å². The Kier molecular flexibility index (Phi) is 40.9. The second-order valence-corrected chi connectivity index (χ2v) is 15.4. The molecule has 0 N–H and O–H groups in total. The van der Waals surface area contributed by atoms with Gasteiger partial charge in [-0.1, -0.05) is 199 Å². The summed E-state index contributed by atoms with van der Waals surface area (Å²) in [5.41, 5.74) is 0. The van der Waals surface area contributed by atoms with E-state index in [2.05, 4.69) is 45.1 Å². The number of allylic oxidation sites excluding steroid dienone is 4. The van der Waals surface area contributed by atoms with Gasteiger partial charge in [0.25, 0.3) is 0 Å². The Hall–Kier alpha value is -2.11. The van der Waals surface area contributed by atoms with E-state index in [1.807, 2.05) is 0 Å². The van der Waals surface area contributed by atoms with Gasteiger partial charge in [-0.25, -0.2) is 0 Å². The smallest absolute Gasteiger partial charge is 0.306 e. The topological polar surface area (TPSA) is 78.9 Å². The first-order valence-electron chi connectivity index (χ1n) is 22.9. The third-order valence-electron chi connectivity index (χ3n) is 9.99. The summed E-state index contributed by atoms with van der Waals surface area (Å²) in [6.07, 6.45) is 45.9. The zero-order chi connectivity index (χ0) is 38.7. The summed E-state index contributed by atoms with van der Waals surface area (Å²) in [5.74, 6) is -0.903. The Labute approximate surface area is 328 Å². The molecule has 1 atom stereocenters. The highest BCUT2D eigenvalue weighted by molar-refractivity contribution is 5.71. The molecular weight excluding hydrogens is 661 g/mol. The summed E-state index contributed by atoms with van der Waals surface area (Å²) in [6.45, 7) is 6.58. The number of unbranched alkanes of at least 4 members (excludes halogenated alkanes) is 27. The lowest BCUT2D eigenvalue weighted by atomic mass is 10.1. The first-order chi connectivity index (χ1) is 26.0. The molecule has 0 amide bonds. The Balaban J connectivity index is 4.35. The van der Waals surface area contributed by atoms with Crippen LogP contribution in [0.4, 0.5) is 0 Å². The van der Waals surface area contributed by atoms with Crippen molar-refractivity contribution in [2.45, 2.75) is 245 Å². The fourth-order valence-electron chi connectivity index (χ4n) is 6.49. The minimum atomic E-state index is -0.773. The Bertz CT molecular complexity index is 865. The minimum absolute atomic E-state index is 0.0762. The summed E-state index contributed by atoms with van der Waals surface area (Å²) < 4.78 is 16.6. The van der Waals surface area contributed by atoms with E-state index in [-0.39, 0.29) is 31.1 Å². The van der Waals surface area contributed by atoms with Crippen LogP contribution < -0.4 is 0 Å². The van der Waals surface area contributed by atoms with Crippen LogP contribution in [0.1, 0.15) is 239 Å². The molecule has 0 aromatic rings. The molecule has 0 rings (SSSR count). The number of esters is 3. The van der Waals surface area contributed by atoms with Crippen LogP contribution in [0.2, 0.25) is 0 Å². The van der Waals surface area contributed by atoms with Gasteiger partial charge in [-0.15, -0.1) is 0 Å². The maximum absolute atomic E-state index is 12.7. The zero-order valence-electron chi connectivity index (χ0n) is 35.3. The van der Waals surface area contributed by atoms with Crippen LogP contribution in [0.5, 0.6) is 0 Å². The van der Waals surface area contributed by atoms with Crippen LogP contribution in [-0.4, -0.2) is 37.2 Å². The molecule has 6 nitrogen and oxygen atoms in total. The first-order valence-corrected chi connectivity index (χ1v) is 22.9. The van der Waals surface area contributed by atoms with Crippen LogP contribution in [-0.2, 0) is 28.6 Å². The molecule has 310 valence electrons. The van der Waals surface area contributed by atoms with E-state index in [9.17, 15) is 14.4 Å². The van der Waals surface area contributed by atoms with Crippen LogP contribution >= 0.6 is 0 Å². The van der Waals surface area contributed by atoms with Gasteiger partial charge in [-0.3, -0.25) is 14.4 Å². The van der Waals surface area contributed by atoms with Gasteiger partial charge in [-0.05, 0) is 44.9 Å². The van der Waals surface area contributed by atoms with E-state index in [4.69, 9.17) is 14.2 Å². The molecule has 0 fully saturated rings. The summed E-state index contributed by atoms with van der Waals surface area (Å²) in [5, 5.41) is 0. The fraction of sp³-hybridized carbons (Fsp3) is 0.851. The largest absolute Gasteiger partial charge is 0.462 e. The van der Waals surface area contributed by atoms with Crippen LogP contribution in [0.25, 0.3) is 0 Å². The number of carbonyl (C=O) groups is 3. The lowest BCUT2D eigenvalue weighted by Gasteiger charge is -2.18. The van der Waals surface area contributed by atoms with Crippen molar-refractivity contribution in [2.24, 2.45) is 0 Å². The molecule has 0 bridgehead atoms. The second kappa shape index (κ2) is 42.6. The van der Waals surface area contributed by atoms with Crippen LogP contribution in [0.3, 0.4) is 0 Å².